The Kier molecular flexibility index (Phi) is 6.78. The van der Waals surface area contributed by atoms with Gasteiger partial charge in [-0.15, -0.1) is 0 Å². The lowest BCUT2D eigenvalue weighted by Gasteiger charge is -2.33. The predicted octanol–water partition coefficient (Wildman–Crippen LogP) is -2.93. The number of benzene rings is 1. The van der Waals surface area contributed by atoms with Crippen LogP contribution in [0.4, 0.5) is 5.69 Å². The molecule has 0 aromatic heterocycles. The minimum Gasteiger partial charge on any atom is -0.378 e. The van der Waals surface area contributed by atoms with Gasteiger partial charge in [-0.3, -0.25) is 9.59 Å². The molecule has 138 valence electrons. The molecule has 1 aromatic rings. The van der Waals surface area contributed by atoms with Crippen molar-refractivity contribution >= 4 is 17.5 Å². The highest BCUT2D eigenvalue weighted by Gasteiger charge is 2.30. The third kappa shape index (κ3) is 5.17. The fraction of sp³-hybridized carbons (Fsp3) is 0.556. The second-order valence-corrected chi connectivity index (χ2v) is 6.94. The first-order valence-electron chi connectivity index (χ1n) is 8.85. The lowest BCUT2D eigenvalue weighted by Crippen LogP contribution is -3.27. The second-order valence-electron chi connectivity index (χ2n) is 6.94. The summed E-state index contributed by atoms with van der Waals surface area (Å²) in [5.41, 5.74) is 2.34. The number of hydrogen-bond donors (Lipinski definition) is 4. The zero-order valence-corrected chi connectivity index (χ0v) is 15.7. The molecular formula is C18H31N5O2+2. The summed E-state index contributed by atoms with van der Waals surface area (Å²) in [4.78, 5) is 28.4. The Bertz CT molecular complexity index is 580. The van der Waals surface area contributed by atoms with Crippen LogP contribution in [0.25, 0.3) is 0 Å². The van der Waals surface area contributed by atoms with E-state index in [-0.39, 0.29) is 6.04 Å². The molecule has 1 aliphatic heterocycles. The highest BCUT2D eigenvalue weighted by Crippen LogP contribution is 2.16. The molecule has 0 bridgehead atoms. The van der Waals surface area contributed by atoms with Crippen molar-refractivity contribution in [3.63, 3.8) is 0 Å². The molecule has 4 N–H and O–H groups in total. The topological polar surface area (TPSA) is 70.3 Å². The van der Waals surface area contributed by atoms with Crippen molar-refractivity contribution in [3.8, 4) is 0 Å². The Morgan fingerprint density at radius 1 is 1.08 bits per heavy atom. The Morgan fingerprint density at radius 3 is 2.20 bits per heavy atom. The van der Waals surface area contributed by atoms with Gasteiger partial charge in [0.15, 0.2) is 0 Å². The standard InChI is InChI=1S/C18H29N5O2/c1-19-17(24)18(25)20-13-16(23-11-9-22(4)10-12-23)14-5-7-15(8-6-14)21(2)3/h5-8,16H,9-13H2,1-4H3,(H,19,24)(H,20,25)/p+2/t16-/m0/s1. The average molecular weight is 349 g/mol. The van der Waals surface area contributed by atoms with E-state index >= 15 is 0 Å². The molecule has 2 rings (SSSR count). The lowest BCUT2D eigenvalue weighted by atomic mass is 10.0. The van der Waals surface area contributed by atoms with Crippen LogP contribution in [0, 0.1) is 0 Å². The van der Waals surface area contributed by atoms with Gasteiger partial charge in [0.25, 0.3) is 0 Å². The molecule has 0 aliphatic carbocycles. The van der Waals surface area contributed by atoms with E-state index in [2.05, 4.69) is 46.8 Å². The van der Waals surface area contributed by atoms with Crippen molar-refractivity contribution in [2.24, 2.45) is 0 Å². The summed E-state index contributed by atoms with van der Waals surface area (Å²) in [7, 11) is 7.72. The molecule has 7 heteroatoms. The van der Waals surface area contributed by atoms with E-state index in [1.54, 1.807) is 4.90 Å². The van der Waals surface area contributed by atoms with E-state index < -0.39 is 11.8 Å². The number of nitrogens with zero attached hydrogens (tertiary/aromatic N) is 1. The molecule has 1 aliphatic rings. The number of anilines is 1. The van der Waals surface area contributed by atoms with Gasteiger partial charge in [-0.1, -0.05) is 12.1 Å². The molecule has 1 atom stereocenters. The maximum Gasteiger partial charge on any atom is 0.309 e. The number of piperazine rings is 1. The molecule has 1 saturated heterocycles. The average Bonchev–Trinajstić information content (AvgIpc) is 2.62. The van der Waals surface area contributed by atoms with Crippen LogP contribution in [0.1, 0.15) is 11.6 Å². The quantitative estimate of drug-likeness (QED) is 0.430. The zero-order chi connectivity index (χ0) is 18.4. The fourth-order valence-corrected chi connectivity index (χ4v) is 3.24. The fourth-order valence-electron chi connectivity index (χ4n) is 3.24. The smallest absolute Gasteiger partial charge is 0.309 e. The molecule has 1 aromatic carbocycles. The Morgan fingerprint density at radius 2 is 1.68 bits per heavy atom. The molecule has 2 amide bonds. The summed E-state index contributed by atoms with van der Waals surface area (Å²) in [5.74, 6) is -1.17. The number of likely N-dealkylation sites (N-methyl/N-ethyl adjacent to an activating group) is 2. The third-order valence-corrected chi connectivity index (χ3v) is 4.95. The van der Waals surface area contributed by atoms with Crippen LogP contribution in [0.5, 0.6) is 0 Å². The molecule has 0 radical (unpaired) electrons. The summed E-state index contributed by atoms with van der Waals surface area (Å²) in [6.45, 7) is 4.81. The summed E-state index contributed by atoms with van der Waals surface area (Å²) in [6.07, 6.45) is 0. The highest BCUT2D eigenvalue weighted by atomic mass is 16.2. The van der Waals surface area contributed by atoms with Gasteiger partial charge in [-0.2, -0.15) is 0 Å². The first-order chi connectivity index (χ1) is 11.9. The number of hydrogen-bond acceptors (Lipinski definition) is 3. The van der Waals surface area contributed by atoms with Gasteiger partial charge in [0, 0.05) is 32.4 Å². The van der Waals surface area contributed by atoms with Crippen molar-refractivity contribution in [3.05, 3.63) is 29.8 Å². The van der Waals surface area contributed by atoms with Crippen LogP contribution in [-0.4, -0.2) is 72.7 Å². The van der Waals surface area contributed by atoms with E-state index in [0.717, 1.165) is 31.9 Å². The molecule has 1 heterocycles. The van der Waals surface area contributed by atoms with Crippen LogP contribution in [0.2, 0.25) is 0 Å². The molecule has 25 heavy (non-hydrogen) atoms. The summed E-state index contributed by atoms with van der Waals surface area (Å²) in [5, 5.41) is 5.16. The minimum atomic E-state index is -0.598. The van der Waals surface area contributed by atoms with E-state index in [1.807, 2.05) is 14.1 Å². The first-order valence-corrected chi connectivity index (χ1v) is 8.85. The molecule has 0 spiro atoms. The Labute approximate surface area is 150 Å². The minimum absolute atomic E-state index is 0.151. The van der Waals surface area contributed by atoms with Crippen LogP contribution in [-0.2, 0) is 9.59 Å². The molecule has 7 nitrogen and oxygen atoms in total. The molecular weight excluding hydrogens is 318 g/mol. The van der Waals surface area contributed by atoms with Gasteiger partial charge >= 0.3 is 11.8 Å². The predicted molar refractivity (Wildman–Crippen MR) is 97.9 cm³/mol. The van der Waals surface area contributed by atoms with Crippen LogP contribution in [0.15, 0.2) is 24.3 Å². The molecule has 1 fully saturated rings. The number of amides is 2. The van der Waals surface area contributed by atoms with Gasteiger partial charge in [0.05, 0.1) is 13.6 Å². The maximum absolute atomic E-state index is 11.8. The van der Waals surface area contributed by atoms with Gasteiger partial charge in [0.1, 0.15) is 32.2 Å². The third-order valence-electron chi connectivity index (χ3n) is 4.95. The largest absolute Gasteiger partial charge is 0.378 e. The van der Waals surface area contributed by atoms with Gasteiger partial charge in [-0.25, -0.2) is 0 Å². The van der Waals surface area contributed by atoms with Crippen molar-refractivity contribution in [2.45, 2.75) is 6.04 Å². The number of quaternary nitrogens is 2. The Balaban J connectivity index is 2.13. The van der Waals surface area contributed by atoms with E-state index in [9.17, 15) is 9.59 Å². The second kappa shape index (κ2) is 8.82. The van der Waals surface area contributed by atoms with Gasteiger partial charge in [0.2, 0.25) is 0 Å². The van der Waals surface area contributed by atoms with Crippen molar-refractivity contribution in [2.75, 3.05) is 65.8 Å². The number of carbonyl (C=O) groups is 2. The van der Waals surface area contributed by atoms with Crippen LogP contribution >= 0.6 is 0 Å². The maximum atomic E-state index is 11.8. The van der Waals surface area contributed by atoms with Crippen molar-refractivity contribution < 1.29 is 19.4 Å². The van der Waals surface area contributed by atoms with E-state index in [1.165, 1.54) is 17.5 Å². The summed E-state index contributed by atoms with van der Waals surface area (Å²) < 4.78 is 0. The number of carbonyl (C=O) groups excluding carboxylic acids is 2. The van der Waals surface area contributed by atoms with Gasteiger partial charge in [-0.05, 0) is 12.1 Å². The molecule has 0 unspecified atom stereocenters. The lowest BCUT2D eigenvalue weighted by molar-refractivity contribution is -1.02. The van der Waals surface area contributed by atoms with E-state index in [4.69, 9.17) is 0 Å². The highest BCUT2D eigenvalue weighted by molar-refractivity contribution is 6.35. The van der Waals surface area contributed by atoms with Crippen LogP contribution < -0.4 is 25.3 Å². The zero-order valence-electron chi connectivity index (χ0n) is 15.7. The number of rotatable bonds is 5. The Hall–Kier alpha value is -2.12. The summed E-state index contributed by atoms with van der Waals surface area (Å²) in [6, 6.07) is 8.61. The van der Waals surface area contributed by atoms with Crippen molar-refractivity contribution in [1.29, 1.82) is 0 Å². The SMILES string of the molecule is CNC(=O)C(=O)NC[C@@H](c1ccc(N(C)C)cc1)[NH+]1CC[NH+](C)CC1. The molecule has 0 saturated carbocycles. The summed E-state index contributed by atoms with van der Waals surface area (Å²) >= 11 is 0. The van der Waals surface area contributed by atoms with Gasteiger partial charge < -0.3 is 25.3 Å². The van der Waals surface area contributed by atoms with Crippen molar-refractivity contribution in [1.82, 2.24) is 10.6 Å². The monoisotopic (exact) mass is 349 g/mol. The number of nitrogens with one attached hydrogen (secondary N) is 4. The van der Waals surface area contributed by atoms with E-state index in [0.29, 0.717) is 6.54 Å². The van der Waals surface area contributed by atoms with Crippen LogP contribution in [0.3, 0.4) is 0 Å². The first kappa shape index (κ1) is 19.2. The normalized spacial score (nSPS) is 21.3.